The van der Waals surface area contributed by atoms with Crippen molar-refractivity contribution in [2.45, 2.75) is 18.1 Å². The molecule has 5 heteroatoms. The summed E-state index contributed by atoms with van der Waals surface area (Å²) in [7, 11) is 4.94. The Hall–Kier alpha value is -0.680. The molecule has 0 saturated carbocycles. The van der Waals surface area contributed by atoms with Gasteiger partial charge in [-0.25, -0.2) is 4.39 Å². The summed E-state index contributed by atoms with van der Waals surface area (Å²) in [6.45, 7) is 0.540. The van der Waals surface area contributed by atoms with Crippen molar-refractivity contribution < 1.29 is 13.9 Å². The smallest absolute Gasteiger partial charge is 0.322 e. The molecule has 0 aromatic heterocycles. The zero-order chi connectivity index (χ0) is 10.8. The number of ether oxygens (including phenoxy) is 1. The molecule has 14 heavy (non-hydrogen) atoms. The minimum atomic E-state index is -1.32. The van der Waals surface area contributed by atoms with Crippen LogP contribution in [0.3, 0.4) is 0 Å². The van der Waals surface area contributed by atoms with Gasteiger partial charge in [-0.3, -0.25) is 4.79 Å². The lowest BCUT2D eigenvalue weighted by Gasteiger charge is -2.22. The van der Waals surface area contributed by atoms with E-state index in [0.717, 1.165) is 0 Å². The Morgan fingerprint density at radius 3 is 2.86 bits per heavy atom. The first-order chi connectivity index (χ1) is 6.47. The van der Waals surface area contributed by atoms with Crippen LogP contribution >= 0.6 is 0 Å². The third kappa shape index (κ3) is 2.65. The van der Waals surface area contributed by atoms with Crippen LogP contribution in [-0.4, -0.2) is 56.9 Å². The maximum absolute atomic E-state index is 14.0. The number of nitrogens with one attached hydrogen (secondary N) is 1. The lowest BCUT2D eigenvalue weighted by Crippen LogP contribution is -2.37. The van der Waals surface area contributed by atoms with Gasteiger partial charge < -0.3 is 15.0 Å². The van der Waals surface area contributed by atoms with Gasteiger partial charge in [-0.05, 0) is 14.1 Å². The van der Waals surface area contributed by atoms with E-state index in [-0.39, 0.29) is 18.9 Å². The summed E-state index contributed by atoms with van der Waals surface area (Å²) in [5, 5.41) is 2.83. The summed E-state index contributed by atoms with van der Waals surface area (Å²) in [6.07, 6.45) is 0.192. The van der Waals surface area contributed by atoms with Gasteiger partial charge in [0, 0.05) is 19.5 Å². The van der Waals surface area contributed by atoms with Crippen molar-refractivity contribution >= 4 is 5.97 Å². The summed E-state index contributed by atoms with van der Waals surface area (Å²) < 4.78 is 18.5. The molecule has 0 radical (unpaired) electrons. The normalized spacial score (nSPS) is 32.2. The Balaban J connectivity index is 2.50. The first kappa shape index (κ1) is 11.4. The number of esters is 1. The van der Waals surface area contributed by atoms with Crippen LogP contribution in [0, 0.1) is 0 Å². The van der Waals surface area contributed by atoms with Gasteiger partial charge in [-0.2, -0.15) is 0 Å². The molecule has 82 valence electrons. The van der Waals surface area contributed by atoms with Crippen molar-refractivity contribution in [2.24, 2.45) is 0 Å². The Kier molecular flexibility index (Phi) is 3.44. The van der Waals surface area contributed by atoms with Gasteiger partial charge in [0.1, 0.15) is 11.7 Å². The van der Waals surface area contributed by atoms with Crippen molar-refractivity contribution in [3.05, 3.63) is 0 Å². The van der Waals surface area contributed by atoms with Crippen molar-refractivity contribution in [1.29, 1.82) is 0 Å². The number of carbonyl (C=O) groups is 1. The van der Waals surface area contributed by atoms with Crippen LogP contribution < -0.4 is 5.32 Å². The first-order valence-corrected chi connectivity index (χ1v) is 4.62. The van der Waals surface area contributed by atoms with Crippen LogP contribution in [0.2, 0.25) is 0 Å². The van der Waals surface area contributed by atoms with Crippen molar-refractivity contribution in [3.8, 4) is 0 Å². The highest BCUT2D eigenvalue weighted by Crippen LogP contribution is 2.24. The summed E-state index contributed by atoms with van der Waals surface area (Å²) in [5.41, 5.74) is -1.32. The molecule has 1 heterocycles. The monoisotopic (exact) mass is 204 g/mol. The molecule has 1 aliphatic heterocycles. The molecule has 0 spiro atoms. The average Bonchev–Trinajstić information content (AvgIpc) is 2.45. The second-order valence-corrected chi connectivity index (χ2v) is 4.05. The highest BCUT2D eigenvalue weighted by atomic mass is 19.1. The van der Waals surface area contributed by atoms with Gasteiger partial charge in [-0.1, -0.05) is 0 Å². The maximum Gasteiger partial charge on any atom is 0.322 e. The fourth-order valence-corrected chi connectivity index (χ4v) is 1.81. The predicted octanol–water partition coefficient (Wildman–Crippen LogP) is -0.209. The van der Waals surface area contributed by atoms with Gasteiger partial charge in [0.2, 0.25) is 0 Å². The van der Waals surface area contributed by atoms with Crippen LogP contribution in [0.4, 0.5) is 4.39 Å². The Morgan fingerprint density at radius 1 is 1.71 bits per heavy atom. The lowest BCUT2D eigenvalue weighted by atomic mass is 10.0. The molecule has 1 rings (SSSR count). The number of hydrogen-bond acceptors (Lipinski definition) is 4. The number of methoxy groups -OCH3 is 1. The number of hydrogen-bond donors (Lipinski definition) is 1. The molecule has 0 aromatic rings. The number of rotatable bonds is 3. The molecular weight excluding hydrogens is 187 g/mol. The minimum absolute atomic E-state index is 0.192. The Bertz CT molecular complexity index is 223. The Morgan fingerprint density at radius 2 is 2.36 bits per heavy atom. The second-order valence-electron chi connectivity index (χ2n) is 4.05. The van der Waals surface area contributed by atoms with E-state index in [9.17, 15) is 9.18 Å². The molecule has 1 aliphatic rings. The van der Waals surface area contributed by atoms with Crippen LogP contribution in [0.5, 0.6) is 0 Å². The van der Waals surface area contributed by atoms with E-state index in [2.05, 4.69) is 10.1 Å². The zero-order valence-corrected chi connectivity index (χ0v) is 8.84. The number of alkyl halides is 1. The SMILES string of the molecule is COC(=O)[C@@H]1C[C@](F)(CN(C)C)CN1. The standard InChI is InChI=1S/C9H17FN2O2/c1-12(2)6-9(10)4-7(11-5-9)8(13)14-3/h7,11H,4-6H2,1-3H3/t7-,9+/m0/s1. The zero-order valence-electron chi connectivity index (χ0n) is 8.84. The summed E-state index contributed by atoms with van der Waals surface area (Å²) in [6, 6.07) is -0.495. The van der Waals surface area contributed by atoms with E-state index in [0.29, 0.717) is 6.54 Å². The van der Waals surface area contributed by atoms with Crippen molar-refractivity contribution in [1.82, 2.24) is 10.2 Å². The van der Waals surface area contributed by atoms with Crippen molar-refractivity contribution in [2.75, 3.05) is 34.3 Å². The van der Waals surface area contributed by atoms with E-state index >= 15 is 0 Å². The number of carbonyl (C=O) groups excluding carboxylic acids is 1. The molecule has 4 nitrogen and oxygen atoms in total. The van der Waals surface area contributed by atoms with Gasteiger partial charge >= 0.3 is 5.97 Å². The van der Waals surface area contributed by atoms with Crippen LogP contribution in [0.15, 0.2) is 0 Å². The van der Waals surface area contributed by atoms with E-state index in [1.807, 2.05) is 14.1 Å². The third-order valence-electron chi connectivity index (χ3n) is 2.32. The first-order valence-electron chi connectivity index (χ1n) is 4.62. The number of halogens is 1. The van der Waals surface area contributed by atoms with Gasteiger partial charge in [0.15, 0.2) is 0 Å². The average molecular weight is 204 g/mol. The molecular formula is C9H17FN2O2. The van der Waals surface area contributed by atoms with Crippen LogP contribution in [0.1, 0.15) is 6.42 Å². The Labute approximate surface area is 83.4 Å². The fraction of sp³-hybridized carbons (Fsp3) is 0.889. The quantitative estimate of drug-likeness (QED) is 0.646. The van der Waals surface area contributed by atoms with E-state index in [4.69, 9.17) is 0 Å². The number of nitrogens with zero attached hydrogens (tertiary/aromatic N) is 1. The summed E-state index contributed by atoms with van der Waals surface area (Å²) in [4.78, 5) is 12.9. The van der Waals surface area contributed by atoms with E-state index < -0.39 is 11.7 Å². The largest absolute Gasteiger partial charge is 0.468 e. The van der Waals surface area contributed by atoms with Gasteiger partial charge in [-0.15, -0.1) is 0 Å². The molecule has 2 atom stereocenters. The predicted molar refractivity (Wildman–Crippen MR) is 50.8 cm³/mol. The third-order valence-corrected chi connectivity index (χ3v) is 2.32. The molecule has 0 aliphatic carbocycles. The molecule has 0 bridgehead atoms. The maximum atomic E-state index is 14.0. The van der Waals surface area contributed by atoms with Gasteiger partial charge in [0.05, 0.1) is 7.11 Å². The second kappa shape index (κ2) is 4.23. The van der Waals surface area contributed by atoms with E-state index in [1.54, 1.807) is 4.90 Å². The summed E-state index contributed by atoms with van der Waals surface area (Å²) in [5.74, 6) is -0.386. The van der Waals surface area contributed by atoms with Crippen LogP contribution in [0.25, 0.3) is 0 Å². The highest BCUT2D eigenvalue weighted by molar-refractivity contribution is 5.76. The topological polar surface area (TPSA) is 41.6 Å². The molecule has 0 amide bonds. The highest BCUT2D eigenvalue weighted by Gasteiger charge is 2.42. The molecule has 0 unspecified atom stereocenters. The summed E-state index contributed by atoms with van der Waals surface area (Å²) >= 11 is 0. The minimum Gasteiger partial charge on any atom is -0.468 e. The van der Waals surface area contributed by atoms with Crippen molar-refractivity contribution in [3.63, 3.8) is 0 Å². The molecule has 0 aromatic carbocycles. The van der Waals surface area contributed by atoms with Gasteiger partial charge in [0.25, 0.3) is 0 Å². The molecule has 1 saturated heterocycles. The molecule has 1 fully saturated rings. The van der Waals surface area contributed by atoms with E-state index in [1.165, 1.54) is 7.11 Å². The lowest BCUT2D eigenvalue weighted by molar-refractivity contribution is -0.142. The van der Waals surface area contributed by atoms with Crippen LogP contribution in [-0.2, 0) is 9.53 Å². The molecule has 1 N–H and O–H groups in total. The fourth-order valence-electron chi connectivity index (χ4n) is 1.81.